The van der Waals surface area contributed by atoms with Crippen LogP contribution in [0.15, 0.2) is 67.4 Å². The van der Waals surface area contributed by atoms with Gasteiger partial charge in [0.2, 0.25) is 11.9 Å². The van der Waals surface area contributed by atoms with Crippen LogP contribution in [0, 0.1) is 0 Å². The highest BCUT2D eigenvalue weighted by Crippen LogP contribution is 2.40. The number of piperidine rings is 1. The Morgan fingerprint density at radius 1 is 1.00 bits per heavy atom. The molecule has 0 aliphatic carbocycles. The summed E-state index contributed by atoms with van der Waals surface area (Å²) < 4.78 is 5.82. The molecule has 0 bridgehead atoms. The zero-order valence-electron chi connectivity index (χ0n) is 25.1. The maximum Gasteiger partial charge on any atom is 0.247 e. The quantitative estimate of drug-likeness (QED) is 0.257. The van der Waals surface area contributed by atoms with Crippen molar-refractivity contribution in [3.63, 3.8) is 0 Å². The summed E-state index contributed by atoms with van der Waals surface area (Å²) in [5.74, 6) is 0.714. The van der Waals surface area contributed by atoms with Crippen LogP contribution in [0.1, 0.15) is 12.8 Å². The highest BCUT2D eigenvalue weighted by molar-refractivity contribution is 7.17. The number of likely N-dealkylation sites (N-methyl/N-ethyl adjacent to an activating group) is 1. The predicted octanol–water partition coefficient (Wildman–Crippen LogP) is 4.76. The molecule has 2 aliphatic rings. The Labute approximate surface area is 261 Å². The van der Waals surface area contributed by atoms with Crippen LogP contribution >= 0.6 is 11.3 Å². The summed E-state index contributed by atoms with van der Waals surface area (Å²) in [5.41, 5.74) is 3.87. The van der Waals surface area contributed by atoms with E-state index in [1.807, 2.05) is 48.5 Å². The largest absolute Gasteiger partial charge is 0.494 e. The number of carbonyl (C=O) groups is 1. The molecule has 0 saturated carbocycles. The molecule has 0 spiro atoms. The van der Waals surface area contributed by atoms with Gasteiger partial charge in [-0.3, -0.25) is 9.69 Å². The van der Waals surface area contributed by atoms with E-state index >= 15 is 0 Å². The number of nitrogens with zero attached hydrogens (tertiary/aromatic N) is 7. The van der Waals surface area contributed by atoms with Gasteiger partial charge in [-0.1, -0.05) is 48.2 Å². The van der Waals surface area contributed by atoms with Crippen molar-refractivity contribution in [3.05, 3.63) is 67.4 Å². The lowest BCUT2D eigenvalue weighted by atomic mass is 10.0. The van der Waals surface area contributed by atoms with Crippen molar-refractivity contribution in [1.29, 1.82) is 0 Å². The number of hydrogen-bond donors (Lipinski definition) is 2. The van der Waals surface area contributed by atoms with Crippen LogP contribution in [-0.4, -0.2) is 95.3 Å². The average Bonchev–Trinajstić information content (AvgIpc) is 3.57. The van der Waals surface area contributed by atoms with Crippen molar-refractivity contribution >= 4 is 40.3 Å². The second kappa shape index (κ2) is 13.5. The predicted molar refractivity (Wildman–Crippen MR) is 176 cm³/mol. The Hall–Kier alpha value is -4.39. The van der Waals surface area contributed by atoms with Gasteiger partial charge in [0, 0.05) is 63.1 Å². The zero-order chi connectivity index (χ0) is 30.5. The molecular weight excluding hydrogens is 574 g/mol. The number of hydrogen-bond acceptors (Lipinski definition) is 11. The smallest absolute Gasteiger partial charge is 0.247 e. The zero-order valence-corrected chi connectivity index (χ0v) is 25.9. The van der Waals surface area contributed by atoms with E-state index in [-0.39, 0.29) is 5.91 Å². The second-order valence-electron chi connectivity index (χ2n) is 11.0. The summed E-state index contributed by atoms with van der Waals surface area (Å²) in [6.45, 7) is 9.89. The van der Waals surface area contributed by atoms with Crippen LogP contribution in [0.5, 0.6) is 5.75 Å². The molecule has 4 heterocycles. The summed E-state index contributed by atoms with van der Waals surface area (Å²) in [6, 6.07) is 16.2. The minimum absolute atomic E-state index is 0.279. The van der Waals surface area contributed by atoms with Crippen molar-refractivity contribution < 1.29 is 9.53 Å². The Morgan fingerprint density at radius 2 is 1.75 bits per heavy atom. The van der Waals surface area contributed by atoms with E-state index in [9.17, 15) is 4.79 Å². The number of anilines is 4. The highest BCUT2D eigenvalue weighted by atomic mass is 32.1. The minimum atomic E-state index is -0.279. The molecule has 2 N–H and O–H groups in total. The number of amides is 1. The van der Waals surface area contributed by atoms with Gasteiger partial charge in [-0.25, -0.2) is 9.97 Å². The van der Waals surface area contributed by atoms with E-state index in [1.165, 1.54) is 17.4 Å². The molecule has 12 heteroatoms. The number of piperazine rings is 1. The topological polar surface area (TPSA) is 112 Å². The minimum Gasteiger partial charge on any atom is -0.494 e. The number of ether oxygens (including phenoxy) is 1. The van der Waals surface area contributed by atoms with Gasteiger partial charge in [0.05, 0.1) is 24.2 Å². The third-order valence-corrected chi connectivity index (χ3v) is 9.18. The first-order valence-electron chi connectivity index (χ1n) is 14.8. The first kappa shape index (κ1) is 29.7. The fraction of sp³-hybridized carbons (Fsp3) is 0.344. The average molecular weight is 612 g/mol. The SMILES string of the molecule is C=CC(=O)Nc1cc(Nc2nccc(-c3nnc(-c4ccccc4)s3)n2)c(OC)cc1N1CCC(N2CCN(C)CC2)CC1. The van der Waals surface area contributed by atoms with E-state index in [4.69, 9.17) is 9.72 Å². The van der Waals surface area contributed by atoms with Crippen molar-refractivity contribution in [3.8, 4) is 27.0 Å². The summed E-state index contributed by atoms with van der Waals surface area (Å²) in [5, 5.41) is 16.5. The van der Waals surface area contributed by atoms with Gasteiger partial charge in [-0.15, -0.1) is 10.2 Å². The molecule has 2 aliphatic heterocycles. The fourth-order valence-electron chi connectivity index (χ4n) is 5.72. The Bertz CT molecular complexity index is 1600. The normalized spacial score (nSPS) is 16.5. The van der Waals surface area contributed by atoms with Crippen molar-refractivity contribution in [2.45, 2.75) is 18.9 Å². The summed E-state index contributed by atoms with van der Waals surface area (Å²) in [6.07, 6.45) is 5.09. The monoisotopic (exact) mass is 611 g/mol. The number of methoxy groups -OCH3 is 1. The fourth-order valence-corrected chi connectivity index (χ4v) is 6.54. The Morgan fingerprint density at radius 3 is 2.48 bits per heavy atom. The molecule has 0 unspecified atom stereocenters. The molecule has 228 valence electrons. The molecule has 11 nitrogen and oxygen atoms in total. The molecule has 2 aromatic carbocycles. The van der Waals surface area contributed by atoms with Gasteiger partial charge in [-0.05, 0) is 38.1 Å². The molecule has 44 heavy (non-hydrogen) atoms. The van der Waals surface area contributed by atoms with E-state index in [1.54, 1.807) is 13.3 Å². The molecule has 4 aromatic rings. The maximum atomic E-state index is 12.5. The van der Waals surface area contributed by atoms with E-state index in [0.29, 0.717) is 39.8 Å². The lowest BCUT2D eigenvalue weighted by Gasteiger charge is -2.43. The molecule has 1 amide bonds. The molecule has 2 fully saturated rings. The summed E-state index contributed by atoms with van der Waals surface area (Å²) in [7, 11) is 3.82. The Kier molecular flexibility index (Phi) is 9.10. The highest BCUT2D eigenvalue weighted by Gasteiger charge is 2.28. The lowest BCUT2D eigenvalue weighted by molar-refractivity contribution is -0.111. The number of carbonyl (C=O) groups excluding carboxylic acids is 1. The van der Waals surface area contributed by atoms with E-state index in [0.717, 1.165) is 68.4 Å². The number of benzene rings is 2. The molecule has 0 radical (unpaired) electrons. The van der Waals surface area contributed by atoms with Crippen LogP contribution < -0.4 is 20.3 Å². The number of rotatable bonds is 9. The first-order valence-corrected chi connectivity index (χ1v) is 15.6. The number of aromatic nitrogens is 4. The summed E-state index contributed by atoms with van der Waals surface area (Å²) >= 11 is 1.47. The van der Waals surface area contributed by atoms with Gasteiger partial charge >= 0.3 is 0 Å². The third kappa shape index (κ3) is 6.72. The molecule has 2 saturated heterocycles. The first-order chi connectivity index (χ1) is 21.5. The second-order valence-corrected chi connectivity index (χ2v) is 12.0. The van der Waals surface area contributed by atoms with E-state index in [2.05, 4.69) is 54.1 Å². The lowest BCUT2D eigenvalue weighted by Crippen LogP contribution is -2.52. The van der Waals surface area contributed by atoms with Crippen LogP contribution in [0.25, 0.3) is 21.3 Å². The van der Waals surface area contributed by atoms with Crippen molar-refractivity contribution in [2.75, 3.05) is 69.0 Å². The standard InChI is InChI=1S/C32H37N9O2S/c1-4-29(42)34-25-20-26(28(43-3)21-27(25)41-14-11-23(12-15-41)40-18-16-39(2)17-19-40)36-32-33-13-10-24(35-32)31-38-37-30(44-31)22-8-6-5-7-9-22/h4-10,13,20-21,23H,1,11-12,14-19H2,2-3H3,(H,34,42)(H,33,35,36). The van der Waals surface area contributed by atoms with Crippen LogP contribution in [0.3, 0.4) is 0 Å². The van der Waals surface area contributed by atoms with Crippen LogP contribution in [0.4, 0.5) is 23.0 Å². The summed E-state index contributed by atoms with van der Waals surface area (Å²) in [4.78, 5) is 29.0. The van der Waals surface area contributed by atoms with E-state index < -0.39 is 0 Å². The molecule has 0 atom stereocenters. The van der Waals surface area contributed by atoms with Crippen molar-refractivity contribution in [2.24, 2.45) is 0 Å². The molecule has 6 rings (SSSR count). The van der Waals surface area contributed by atoms with Crippen LogP contribution in [0.2, 0.25) is 0 Å². The van der Waals surface area contributed by atoms with Gasteiger partial charge in [-0.2, -0.15) is 0 Å². The van der Waals surface area contributed by atoms with Gasteiger partial charge < -0.3 is 25.2 Å². The molecular formula is C32H37N9O2S. The van der Waals surface area contributed by atoms with Gasteiger partial charge in [0.1, 0.15) is 16.5 Å². The van der Waals surface area contributed by atoms with Crippen LogP contribution in [-0.2, 0) is 4.79 Å². The van der Waals surface area contributed by atoms with Gasteiger partial charge in [0.25, 0.3) is 0 Å². The van der Waals surface area contributed by atoms with Crippen molar-refractivity contribution in [1.82, 2.24) is 30.0 Å². The number of nitrogens with one attached hydrogen (secondary N) is 2. The Balaban J connectivity index is 1.22. The molecule has 2 aromatic heterocycles. The third-order valence-electron chi connectivity index (χ3n) is 8.19. The maximum absolute atomic E-state index is 12.5. The van der Waals surface area contributed by atoms with Gasteiger partial charge in [0.15, 0.2) is 5.01 Å².